The molecule has 0 spiro atoms. The minimum absolute atomic E-state index is 0.0132. The lowest BCUT2D eigenvalue weighted by Crippen LogP contribution is -2.36. The molecule has 3 rings (SSSR count). The van der Waals surface area contributed by atoms with Gasteiger partial charge in [0.2, 0.25) is 5.95 Å². The highest BCUT2D eigenvalue weighted by Crippen LogP contribution is 2.32. The van der Waals surface area contributed by atoms with E-state index in [1.807, 2.05) is 0 Å². The molecule has 0 radical (unpaired) electrons. The maximum atomic E-state index is 12.7. The molecule has 168 valence electrons. The Balaban J connectivity index is 1.74. The molecule has 2 atom stereocenters. The van der Waals surface area contributed by atoms with E-state index < -0.39 is 42.8 Å². The van der Waals surface area contributed by atoms with Crippen LogP contribution in [0.2, 0.25) is 0 Å². The first kappa shape index (κ1) is 22.6. The number of benzene rings is 1. The number of hydrogen-bond donors (Lipinski definition) is 1. The summed E-state index contributed by atoms with van der Waals surface area (Å²) >= 11 is 0. The largest absolute Gasteiger partial charge is 0.522 e. The first-order valence-corrected chi connectivity index (χ1v) is 8.79. The van der Waals surface area contributed by atoms with Gasteiger partial charge in [0.15, 0.2) is 0 Å². The summed E-state index contributed by atoms with van der Waals surface area (Å²) in [6.45, 7) is -0.750. The minimum Gasteiger partial charge on any atom is -0.489 e. The summed E-state index contributed by atoms with van der Waals surface area (Å²) in [6.07, 6.45) is -8.01. The zero-order valence-corrected chi connectivity index (χ0v) is 15.5. The summed E-state index contributed by atoms with van der Waals surface area (Å²) in [6, 6.07) is 3.03. The molecule has 1 fully saturated rings. The van der Waals surface area contributed by atoms with Gasteiger partial charge < -0.3 is 14.7 Å². The van der Waals surface area contributed by atoms with Crippen LogP contribution < -0.4 is 9.64 Å². The number of hydrogen-bond acceptors (Lipinski definition) is 6. The van der Waals surface area contributed by atoms with Crippen molar-refractivity contribution in [2.24, 2.45) is 0 Å². The van der Waals surface area contributed by atoms with Gasteiger partial charge in [0.05, 0.1) is 30.3 Å². The van der Waals surface area contributed by atoms with Crippen molar-refractivity contribution < 1.29 is 45.7 Å². The van der Waals surface area contributed by atoms with Crippen LogP contribution in [0.25, 0.3) is 0 Å². The van der Waals surface area contributed by atoms with Gasteiger partial charge in [-0.3, -0.25) is 4.74 Å². The number of alkyl halides is 6. The van der Waals surface area contributed by atoms with Crippen LogP contribution in [0.15, 0.2) is 36.7 Å². The Morgan fingerprint density at radius 2 is 1.71 bits per heavy atom. The van der Waals surface area contributed by atoms with Crippen LogP contribution in [0.1, 0.15) is 22.3 Å². The Labute approximate surface area is 171 Å². The second-order valence-corrected chi connectivity index (χ2v) is 6.64. The van der Waals surface area contributed by atoms with Crippen molar-refractivity contribution in [1.82, 2.24) is 9.97 Å². The third kappa shape index (κ3) is 5.96. The monoisotopic (exact) mass is 451 g/mol. The number of carboxylic acid groups (broad SMARTS) is 1. The van der Waals surface area contributed by atoms with Gasteiger partial charge in [-0.2, -0.15) is 13.2 Å². The number of carboxylic acids is 1. The summed E-state index contributed by atoms with van der Waals surface area (Å²) < 4.78 is 85.0. The number of ether oxygens (including phenoxy) is 2. The number of halogens is 6. The van der Waals surface area contributed by atoms with E-state index in [9.17, 15) is 31.1 Å². The second-order valence-electron chi connectivity index (χ2n) is 6.64. The fraction of sp³-hybridized carbons (Fsp3) is 0.389. The first-order chi connectivity index (χ1) is 14.4. The summed E-state index contributed by atoms with van der Waals surface area (Å²) in [5.41, 5.74) is -1.07. The number of rotatable bonds is 6. The highest BCUT2D eigenvalue weighted by Gasteiger charge is 2.39. The second kappa shape index (κ2) is 8.57. The van der Waals surface area contributed by atoms with E-state index >= 15 is 0 Å². The van der Waals surface area contributed by atoms with E-state index in [4.69, 9.17) is 9.84 Å². The lowest BCUT2D eigenvalue weighted by molar-refractivity contribution is -0.325. The zero-order chi connectivity index (χ0) is 22.8. The van der Waals surface area contributed by atoms with Crippen molar-refractivity contribution in [3.05, 3.63) is 47.8 Å². The van der Waals surface area contributed by atoms with Crippen LogP contribution in [-0.4, -0.2) is 52.7 Å². The van der Waals surface area contributed by atoms with E-state index in [2.05, 4.69) is 14.7 Å². The van der Waals surface area contributed by atoms with Crippen molar-refractivity contribution in [2.75, 3.05) is 18.1 Å². The Kier molecular flexibility index (Phi) is 6.25. The Hall–Kier alpha value is -3.09. The lowest BCUT2D eigenvalue weighted by Gasteiger charge is -2.24. The van der Waals surface area contributed by atoms with Gasteiger partial charge in [0.1, 0.15) is 11.9 Å². The third-order valence-corrected chi connectivity index (χ3v) is 4.44. The van der Waals surface area contributed by atoms with Gasteiger partial charge in [0.25, 0.3) is 0 Å². The van der Waals surface area contributed by atoms with Crippen LogP contribution in [0, 0.1) is 0 Å². The van der Waals surface area contributed by atoms with E-state index in [1.54, 1.807) is 0 Å². The quantitative estimate of drug-likeness (QED) is 0.670. The minimum atomic E-state index is -4.87. The molecule has 1 aliphatic heterocycles. The zero-order valence-electron chi connectivity index (χ0n) is 15.5. The fourth-order valence-corrected chi connectivity index (χ4v) is 3.05. The molecule has 1 aromatic heterocycles. The molecular formula is C18H15F6N3O4. The van der Waals surface area contributed by atoms with Gasteiger partial charge in [-0.15, -0.1) is 13.2 Å². The van der Waals surface area contributed by atoms with Crippen LogP contribution >= 0.6 is 0 Å². The summed E-state index contributed by atoms with van der Waals surface area (Å²) in [4.78, 5) is 20.0. The van der Waals surface area contributed by atoms with Crippen LogP contribution in [0.4, 0.5) is 32.3 Å². The lowest BCUT2D eigenvalue weighted by atomic mass is 10.2. The van der Waals surface area contributed by atoms with E-state index in [-0.39, 0.29) is 30.2 Å². The third-order valence-electron chi connectivity index (χ3n) is 4.44. The molecule has 2 aromatic rings. The molecule has 1 aromatic carbocycles. The molecule has 2 heterocycles. The summed E-state index contributed by atoms with van der Waals surface area (Å²) in [5.74, 6) is -1.19. The van der Waals surface area contributed by atoms with Crippen LogP contribution in [-0.2, 0) is 10.9 Å². The first-order valence-electron chi connectivity index (χ1n) is 8.79. The number of nitrogens with zero attached hydrogens (tertiary/aromatic N) is 3. The smallest absolute Gasteiger partial charge is 0.489 e. The van der Waals surface area contributed by atoms with Crippen molar-refractivity contribution >= 4 is 11.9 Å². The maximum absolute atomic E-state index is 12.7. The van der Waals surface area contributed by atoms with Crippen molar-refractivity contribution in [2.45, 2.75) is 31.1 Å². The average molecular weight is 451 g/mol. The standard InChI is InChI=1S/C18H15F6N3O4/c19-17(20,21)11-1-3-13(4-2-11)31-14-5-12(9-30-18(22,23)24)27(8-14)16-25-6-10(7-26-16)15(28)29/h1-4,6-7,12,14H,5,8-9H2,(H,28,29)/t12-,14-/m0/s1. The molecule has 1 saturated heterocycles. The predicted octanol–water partition coefficient (Wildman–Crippen LogP) is 3.76. The summed E-state index contributed by atoms with van der Waals surface area (Å²) in [5, 5.41) is 8.91. The predicted molar refractivity (Wildman–Crippen MR) is 92.6 cm³/mol. The Bertz CT molecular complexity index is 902. The SMILES string of the molecule is O=C(O)c1cnc(N2C[C@@H](Oc3ccc(C(F)(F)F)cc3)C[C@H]2COC(F)(F)F)nc1. The number of anilines is 1. The highest BCUT2D eigenvalue weighted by molar-refractivity contribution is 5.86. The maximum Gasteiger partial charge on any atom is 0.522 e. The van der Waals surface area contributed by atoms with Crippen molar-refractivity contribution in [1.29, 1.82) is 0 Å². The van der Waals surface area contributed by atoms with E-state index in [1.165, 1.54) is 4.90 Å². The Morgan fingerprint density at radius 3 is 2.23 bits per heavy atom. The molecule has 1 aliphatic rings. The molecule has 0 bridgehead atoms. The number of carbonyl (C=O) groups is 1. The van der Waals surface area contributed by atoms with Gasteiger partial charge in [0, 0.05) is 18.8 Å². The van der Waals surface area contributed by atoms with Crippen molar-refractivity contribution in [3.63, 3.8) is 0 Å². The van der Waals surface area contributed by atoms with Gasteiger partial charge in [-0.1, -0.05) is 0 Å². The van der Waals surface area contributed by atoms with Gasteiger partial charge in [-0.05, 0) is 24.3 Å². The highest BCUT2D eigenvalue weighted by atomic mass is 19.4. The average Bonchev–Trinajstić information content (AvgIpc) is 3.08. The molecule has 13 heteroatoms. The Morgan fingerprint density at radius 1 is 1.10 bits per heavy atom. The topological polar surface area (TPSA) is 84.8 Å². The molecule has 0 amide bonds. The molecule has 0 saturated carbocycles. The van der Waals surface area contributed by atoms with E-state index in [0.717, 1.165) is 36.7 Å². The molecule has 31 heavy (non-hydrogen) atoms. The van der Waals surface area contributed by atoms with Gasteiger partial charge >= 0.3 is 18.5 Å². The molecule has 1 N–H and O–H groups in total. The van der Waals surface area contributed by atoms with Crippen LogP contribution in [0.5, 0.6) is 5.75 Å². The molecule has 0 unspecified atom stereocenters. The van der Waals surface area contributed by atoms with E-state index in [0.29, 0.717) is 0 Å². The number of aromatic carboxylic acids is 1. The normalized spacial score (nSPS) is 19.5. The van der Waals surface area contributed by atoms with Crippen LogP contribution in [0.3, 0.4) is 0 Å². The molecule has 7 nitrogen and oxygen atoms in total. The molecule has 0 aliphatic carbocycles. The number of aromatic nitrogens is 2. The summed E-state index contributed by atoms with van der Waals surface area (Å²) in [7, 11) is 0. The molecular weight excluding hydrogens is 436 g/mol. The van der Waals surface area contributed by atoms with Gasteiger partial charge in [-0.25, -0.2) is 14.8 Å². The fourth-order valence-electron chi connectivity index (χ4n) is 3.05. The van der Waals surface area contributed by atoms with Crippen molar-refractivity contribution in [3.8, 4) is 5.75 Å².